The zero-order chi connectivity index (χ0) is 63.3. The lowest BCUT2D eigenvalue weighted by molar-refractivity contribution is -0.142. The van der Waals surface area contributed by atoms with Gasteiger partial charge in [0.1, 0.15) is 54.3 Å². The number of guanidine groups is 1. The molecule has 0 aliphatic carbocycles. The first kappa shape index (κ1) is 67.5. The summed E-state index contributed by atoms with van der Waals surface area (Å²) in [5.41, 5.74) is 13.4. The van der Waals surface area contributed by atoms with Gasteiger partial charge in [0.2, 0.25) is 53.2 Å². The Hall–Kier alpha value is -8.63. The first-order valence-electron chi connectivity index (χ1n) is 29.6. The van der Waals surface area contributed by atoms with Gasteiger partial charge in [0.15, 0.2) is 5.96 Å². The molecular weight excluding hydrogens is 1120 g/mol. The molecule has 2 aromatic carbocycles. The molecule has 2 saturated heterocycles. The number of nitrogens with two attached hydrogens (primary N) is 2. The van der Waals surface area contributed by atoms with E-state index in [9.17, 15) is 58.5 Å². The van der Waals surface area contributed by atoms with Crippen molar-refractivity contribution in [2.75, 3.05) is 26.2 Å². The quantitative estimate of drug-likeness (QED) is 0.0110. The van der Waals surface area contributed by atoms with E-state index in [1.165, 1.54) is 41.7 Å². The molecule has 474 valence electrons. The average molecular weight is 1210 g/mol. The van der Waals surface area contributed by atoms with Gasteiger partial charge in [0.25, 0.3) is 0 Å². The zero-order valence-corrected chi connectivity index (χ0v) is 49.9. The molecule has 0 spiro atoms. The highest BCUT2D eigenvalue weighted by Gasteiger charge is 2.40. The number of phenols is 1. The van der Waals surface area contributed by atoms with Gasteiger partial charge in [0.05, 0.1) is 25.0 Å². The molecule has 1 unspecified atom stereocenters. The molecule has 4 heterocycles. The molecule has 10 atom stereocenters. The summed E-state index contributed by atoms with van der Waals surface area (Å²) >= 11 is 0. The van der Waals surface area contributed by atoms with Crippen molar-refractivity contribution in [3.63, 3.8) is 0 Å². The molecule has 2 aromatic heterocycles. The third-order valence-electron chi connectivity index (χ3n) is 15.1. The van der Waals surface area contributed by atoms with Gasteiger partial charge in [-0.2, -0.15) is 0 Å². The van der Waals surface area contributed by atoms with E-state index in [2.05, 4.69) is 67.8 Å². The van der Waals surface area contributed by atoms with Crippen LogP contribution < -0.4 is 59.3 Å². The highest BCUT2D eigenvalue weighted by molar-refractivity contribution is 5.98. The van der Waals surface area contributed by atoms with Gasteiger partial charge in [-0.25, -0.2) is 4.98 Å². The maximum absolute atomic E-state index is 14.7. The molecule has 0 radical (unpaired) electrons. The van der Waals surface area contributed by atoms with E-state index in [4.69, 9.17) is 11.5 Å². The number of likely N-dealkylation sites (N-methyl/N-ethyl adjacent to an activating group) is 1. The number of amides is 9. The Labute approximate surface area is 504 Å². The van der Waals surface area contributed by atoms with Crippen LogP contribution >= 0.6 is 0 Å². The van der Waals surface area contributed by atoms with Gasteiger partial charge in [-0.3, -0.25) is 53.5 Å². The van der Waals surface area contributed by atoms with Crippen LogP contribution in [0.3, 0.4) is 0 Å². The van der Waals surface area contributed by atoms with Gasteiger partial charge in [-0.15, -0.1) is 0 Å². The van der Waals surface area contributed by atoms with Crippen molar-refractivity contribution in [2.24, 2.45) is 28.3 Å². The van der Waals surface area contributed by atoms with Crippen molar-refractivity contribution in [3.05, 3.63) is 84.1 Å². The third-order valence-corrected chi connectivity index (χ3v) is 15.1. The van der Waals surface area contributed by atoms with Crippen LogP contribution in [0.15, 0.2) is 72.2 Å². The van der Waals surface area contributed by atoms with Crippen molar-refractivity contribution in [1.82, 2.24) is 67.7 Å². The number of hydrogen-bond acceptors (Lipinski definition) is 15. The molecule has 2 aliphatic heterocycles. The summed E-state index contributed by atoms with van der Waals surface area (Å²) in [6.07, 6.45) is 4.77. The lowest BCUT2D eigenvalue weighted by atomic mass is 9.98. The minimum atomic E-state index is -1.74. The summed E-state index contributed by atoms with van der Waals surface area (Å²) in [4.78, 5) is 142. The SMILES string of the molecule is CCNC(=O)[C@@H]1CCCN1C(=O)[C@H](CCCN=C(N)N)NC(=O)[C@H](CC(C)C)NC(=O)[C@@H](CC(C)C)NC(=O)[C@H](Cc1ccc(O)cc1)NC(=O)[C@H](CO)NC(=O)[C@H](Cc1c[nH]c2ccccc12)NC(=O)[C@H](Cc1cnc[nH]1)NC(O)[C@@H]1CCC(=O)N1. The van der Waals surface area contributed by atoms with Gasteiger partial charge in [0, 0.05) is 74.3 Å². The van der Waals surface area contributed by atoms with Crippen molar-refractivity contribution in [3.8, 4) is 5.75 Å². The van der Waals surface area contributed by atoms with E-state index < -0.39 is 109 Å². The summed E-state index contributed by atoms with van der Waals surface area (Å²) in [6, 6.07) is 2.00. The minimum absolute atomic E-state index is 0.0429. The number of aromatic nitrogens is 3. The number of H-pyrrole nitrogens is 2. The van der Waals surface area contributed by atoms with Gasteiger partial charge >= 0.3 is 0 Å². The number of nitrogens with zero attached hydrogens (tertiary/aromatic N) is 3. The number of aliphatic hydroxyl groups is 2. The van der Waals surface area contributed by atoms with Gasteiger partial charge in [-0.05, 0) is 93.0 Å². The number of aromatic amines is 2. The van der Waals surface area contributed by atoms with Crippen LogP contribution in [-0.2, 0) is 62.4 Å². The fraction of sp³-hybridized carbons (Fsp3) is 0.542. The first-order chi connectivity index (χ1) is 41.5. The normalized spacial score (nSPS) is 17.6. The van der Waals surface area contributed by atoms with Crippen molar-refractivity contribution in [1.29, 1.82) is 0 Å². The van der Waals surface area contributed by atoms with Crippen molar-refractivity contribution in [2.45, 2.75) is 166 Å². The van der Waals surface area contributed by atoms with E-state index in [1.54, 1.807) is 19.2 Å². The van der Waals surface area contributed by atoms with Crippen LogP contribution in [0.25, 0.3) is 10.9 Å². The molecule has 2 fully saturated rings. The fourth-order valence-corrected chi connectivity index (χ4v) is 10.6. The lowest BCUT2D eigenvalue weighted by Crippen LogP contribution is -2.61. The average Bonchev–Trinajstić information content (AvgIpc) is 2.39. The van der Waals surface area contributed by atoms with Crippen LogP contribution in [0.4, 0.5) is 0 Å². The summed E-state index contributed by atoms with van der Waals surface area (Å²) in [7, 11) is 0. The number of benzene rings is 2. The smallest absolute Gasteiger partial charge is 0.245 e. The van der Waals surface area contributed by atoms with E-state index in [-0.39, 0.29) is 99.8 Å². The topological polar surface area (TPSA) is 435 Å². The largest absolute Gasteiger partial charge is 0.508 e. The van der Waals surface area contributed by atoms with Crippen molar-refractivity contribution >= 4 is 70.0 Å². The molecule has 0 bridgehead atoms. The minimum Gasteiger partial charge on any atom is -0.508 e. The standard InChI is InChI=1S/C59H86N16O12/c1-6-63-57(86)48-14-10-22-75(48)58(87)41(13-9-21-64-59(60)61)68-51(80)42(23-32(2)3)69-52(81)43(24-33(4)5)70-53(82)44(25-34-15-17-37(77)18-16-34)71-56(85)47(30-76)74-54(83)45(26-35-28-65-39-12-8-7-11-38(35)39)72-55(84)46(27-36-29-62-31-66-36)73-50(79)40-19-20-49(78)67-40/h7-8,11-12,15-18,28-29,31-33,40-48,50,65,73,76-77,79H,6,9-10,13-14,19-27,30H2,1-5H3,(H,62,66)(H,63,86)(H,67,78)(H,68,80)(H,69,81)(H,70,82)(H,71,85)(H,72,84)(H,74,83)(H4,60,61,64)/t40-,41-,42-,43+,44-,45-,46-,47-,48-,50?/m0/s1. The predicted molar refractivity (Wildman–Crippen MR) is 321 cm³/mol. The summed E-state index contributed by atoms with van der Waals surface area (Å²) in [6.45, 7) is 8.86. The highest BCUT2D eigenvalue weighted by Crippen LogP contribution is 2.22. The van der Waals surface area contributed by atoms with Crippen LogP contribution in [0.5, 0.6) is 5.75 Å². The Bertz CT molecular complexity index is 3000. The molecule has 18 N–H and O–H groups in total. The maximum Gasteiger partial charge on any atom is 0.245 e. The second-order valence-corrected chi connectivity index (χ2v) is 22.9. The van der Waals surface area contributed by atoms with Crippen molar-refractivity contribution < 1.29 is 58.5 Å². The Kier molecular flexibility index (Phi) is 25.4. The number of aromatic hydroxyl groups is 1. The molecule has 28 heteroatoms. The van der Waals surface area contributed by atoms with E-state index in [0.717, 1.165) is 10.9 Å². The molecule has 9 amide bonds. The number of aliphatic hydroxyl groups excluding tert-OH is 2. The van der Waals surface area contributed by atoms with Crippen LogP contribution in [0.2, 0.25) is 0 Å². The summed E-state index contributed by atoms with van der Waals surface area (Å²) in [5, 5.41) is 57.4. The molecule has 28 nitrogen and oxygen atoms in total. The number of imidazole rings is 1. The molecule has 4 aromatic rings. The third kappa shape index (κ3) is 20.2. The highest BCUT2D eigenvalue weighted by atomic mass is 16.3. The van der Waals surface area contributed by atoms with Crippen LogP contribution in [0, 0.1) is 11.8 Å². The number of likely N-dealkylation sites (tertiary alicyclic amines) is 1. The number of hydrogen-bond donors (Lipinski definition) is 16. The number of carbonyl (C=O) groups excluding carboxylic acids is 9. The molecule has 87 heavy (non-hydrogen) atoms. The monoisotopic (exact) mass is 1210 g/mol. The van der Waals surface area contributed by atoms with E-state index in [1.807, 2.05) is 45.9 Å². The molecule has 2 aliphatic rings. The second kappa shape index (κ2) is 32.8. The Morgan fingerprint density at radius 1 is 0.736 bits per heavy atom. The number of rotatable bonds is 33. The predicted octanol–water partition coefficient (Wildman–Crippen LogP) is -1.65. The number of aliphatic imine (C=N–C) groups is 1. The van der Waals surface area contributed by atoms with Gasteiger partial charge < -0.3 is 84.2 Å². The van der Waals surface area contributed by atoms with Crippen LogP contribution in [-0.4, -0.2) is 181 Å². The summed E-state index contributed by atoms with van der Waals surface area (Å²) < 4.78 is 0. The Balaban J connectivity index is 1.22. The zero-order valence-electron chi connectivity index (χ0n) is 49.9. The summed E-state index contributed by atoms with van der Waals surface area (Å²) in [5.74, 6) is -6.73. The molecule has 6 rings (SSSR count). The second-order valence-electron chi connectivity index (χ2n) is 22.9. The molecule has 0 saturated carbocycles. The number of phenolic OH excluding ortho intramolecular Hbond substituents is 1. The fourth-order valence-electron chi connectivity index (χ4n) is 10.6. The first-order valence-corrected chi connectivity index (χ1v) is 29.6. The number of fused-ring (bicyclic) bond motifs is 1. The van der Waals surface area contributed by atoms with E-state index in [0.29, 0.717) is 42.6 Å². The van der Waals surface area contributed by atoms with Crippen LogP contribution in [0.1, 0.15) is 103 Å². The number of para-hydroxylation sites is 1. The van der Waals surface area contributed by atoms with E-state index >= 15 is 0 Å². The number of carbonyl (C=O) groups is 9. The maximum atomic E-state index is 14.7. The Morgan fingerprint density at radius 2 is 1.32 bits per heavy atom. The number of nitrogens with one attached hydrogen (secondary N) is 11. The lowest BCUT2D eigenvalue weighted by Gasteiger charge is -2.31. The Morgan fingerprint density at radius 3 is 1.91 bits per heavy atom. The molecular formula is C59H86N16O12. The van der Waals surface area contributed by atoms with Gasteiger partial charge in [-0.1, -0.05) is 58.0 Å².